The van der Waals surface area contributed by atoms with Gasteiger partial charge in [-0.15, -0.1) is 0 Å². The van der Waals surface area contributed by atoms with Crippen LogP contribution in [-0.4, -0.2) is 4.40 Å². The topological polar surface area (TPSA) is 4.41 Å². The predicted octanol–water partition coefficient (Wildman–Crippen LogP) is 8.27. The molecule has 1 nitrogen and oxygen atoms in total. The Labute approximate surface area is 180 Å². The molecule has 1 heteroatoms. The maximum absolute atomic E-state index is 2.49. The van der Waals surface area contributed by atoms with Gasteiger partial charge < -0.3 is 4.40 Å². The molecule has 0 atom stereocenters. The van der Waals surface area contributed by atoms with Crippen LogP contribution in [0.2, 0.25) is 0 Å². The van der Waals surface area contributed by atoms with Gasteiger partial charge >= 0.3 is 0 Å². The summed E-state index contributed by atoms with van der Waals surface area (Å²) in [6.07, 6.45) is 0. The summed E-state index contributed by atoms with van der Waals surface area (Å²) >= 11 is 0. The third kappa shape index (κ3) is 2.06. The van der Waals surface area contributed by atoms with Gasteiger partial charge in [-0.1, -0.05) is 84.9 Å². The van der Waals surface area contributed by atoms with Crippen molar-refractivity contribution in [2.24, 2.45) is 0 Å². The van der Waals surface area contributed by atoms with E-state index in [4.69, 9.17) is 0 Å². The highest BCUT2D eigenvalue weighted by atomic mass is 14.9. The highest BCUT2D eigenvalue weighted by Crippen LogP contribution is 2.42. The zero-order valence-corrected chi connectivity index (χ0v) is 17.6. The number of rotatable bonds is 1. The van der Waals surface area contributed by atoms with Crippen molar-refractivity contribution in [1.82, 2.24) is 4.40 Å². The van der Waals surface area contributed by atoms with Crippen molar-refractivity contribution in [2.75, 3.05) is 0 Å². The molecular formula is C30H21N. The lowest BCUT2D eigenvalue weighted by atomic mass is 9.92. The van der Waals surface area contributed by atoms with E-state index < -0.39 is 0 Å². The van der Waals surface area contributed by atoms with Gasteiger partial charge in [-0.05, 0) is 47.6 Å². The van der Waals surface area contributed by atoms with Crippen LogP contribution < -0.4 is 0 Å². The maximum Gasteiger partial charge on any atom is 0.0620 e. The lowest BCUT2D eigenvalue weighted by Gasteiger charge is -2.13. The molecule has 0 unspecified atom stereocenters. The standard InChI is InChI=1S/C30H21N/c1-18-8-3-4-9-20(18)21-14-16-26-22(19(21)2)15-17-27-25-12-7-11-24-23-10-5-6-13-28(23)31(29(24)25)30(26)27/h3-17H,1-2H3. The molecule has 7 rings (SSSR count). The number of fused-ring (bicyclic) bond motifs is 8. The van der Waals surface area contributed by atoms with E-state index in [2.05, 4.69) is 109 Å². The van der Waals surface area contributed by atoms with Gasteiger partial charge in [0.25, 0.3) is 0 Å². The number of nitrogens with zero attached hydrogens (tertiary/aromatic N) is 1. The molecular weight excluding hydrogens is 374 g/mol. The van der Waals surface area contributed by atoms with E-state index >= 15 is 0 Å². The van der Waals surface area contributed by atoms with E-state index in [1.54, 1.807) is 0 Å². The molecule has 0 aliphatic heterocycles. The summed E-state index contributed by atoms with van der Waals surface area (Å²) in [4.78, 5) is 0. The first kappa shape index (κ1) is 16.9. The van der Waals surface area contributed by atoms with Crippen LogP contribution in [0.4, 0.5) is 0 Å². The first-order valence-corrected chi connectivity index (χ1v) is 10.9. The normalized spacial score (nSPS) is 12.2. The number of aryl methyl sites for hydroxylation is 2. The Hall–Kier alpha value is -3.84. The number of para-hydroxylation sites is 2. The van der Waals surface area contributed by atoms with Gasteiger partial charge in [0.15, 0.2) is 0 Å². The quantitative estimate of drug-likeness (QED) is 0.263. The molecule has 146 valence electrons. The van der Waals surface area contributed by atoms with E-state index in [1.165, 1.54) is 71.1 Å². The predicted molar refractivity (Wildman–Crippen MR) is 134 cm³/mol. The summed E-state index contributed by atoms with van der Waals surface area (Å²) in [6, 6.07) is 33.5. The molecule has 0 saturated carbocycles. The second kappa shape index (κ2) is 5.86. The SMILES string of the molecule is Cc1ccccc1-c1ccc2c(ccc3c4cccc5c6ccccc6n(c23)c54)c1C. The lowest BCUT2D eigenvalue weighted by molar-refractivity contribution is 1.38. The fraction of sp³-hybridized carbons (Fsp3) is 0.0667. The van der Waals surface area contributed by atoms with E-state index in [0.29, 0.717) is 0 Å². The summed E-state index contributed by atoms with van der Waals surface area (Å²) in [5.41, 5.74) is 9.26. The minimum atomic E-state index is 1.29. The van der Waals surface area contributed by atoms with Crippen molar-refractivity contribution in [3.8, 4) is 11.1 Å². The van der Waals surface area contributed by atoms with Crippen LogP contribution in [0.3, 0.4) is 0 Å². The fourth-order valence-corrected chi connectivity index (χ4v) is 5.63. The van der Waals surface area contributed by atoms with Crippen molar-refractivity contribution < 1.29 is 0 Å². The van der Waals surface area contributed by atoms with Gasteiger partial charge in [0.1, 0.15) is 0 Å². The van der Waals surface area contributed by atoms with Crippen LogP contribution in [0.5, 0.6) is 0 Å². The number of hydrogen-bond donors (Lipinski definition) is 0. The van der Waals surface area contributed by atoms with Crippen LogP contribution in [0, 0.1) is 13.8 Å². The average Bonchev–Trinajstić information content (AvgIpc) is 3.32. The van der Waals surface area contributed by atoms with E-state index in [9.17, 15) is 0 Å². The van der Waals surface area contributed by atoms with Crippen LogP contribution in [-0.2, 0) is 0 Å². The molecule has 0 fully saturated rings. The summed E-state index contributed by atoms with van der Waals surface area (Å²) < 4.78 is 2.49. The van der Waals surface area contributed by atoms with E-state index in [1.807, 2.05) is 0 Å². The van der Waals surface area contributed by atoms with Gasteiger partial charge in [-0.3, -0.25) is 0 Å². The molecule has 0 N–H and O–H groups in total. The molecule has 2 aromatic heterocycles. The van der Waals surface area contributed by atoms with Crippen LogP contribution in [0.15, 0.2) is 91.0 Å². The molecule has 0 radical (unpaired) electrons. The minimum absolute atomic E-state index is 1.29. The maximum atomic E-state index is 2.49. The molecule has 0 amide bonds. The van der Waals surface area contributed by atoms with Crippen molar-refractivity contribution in [1.29, 1.82) is 0 Å². The average molecular weight is 396 g/mol. The Kier molecular flexibility index (Phi) is 3.20. The van der Waals surface area contributed by atoms with Crippen LogP contribution >= 0.6 is 0 Å². The summed E-state index contributed by atoms with van der Waals surface area (Å²) in [6.45, 7) is 4.46. The Morgan fingerprint density at radius 1 is 0.452 bits per heavy atom. The Balaban J connectivity index is 1.70. The second-order valence-electron chi connectivity index (χ2n) is 8.66. The third-order valence-corrected chi connectivity index (χ3v) is 7.09. The van der Waals surface area contributed by atoms with E-state index in [-0.39, 0.29) is 0 Å². The number of hydrogen-bond acceptors (Lipinski definition) is 0. The van der Waals surface area contributed by atoms with Gasteiger partial charge in [0.05, 0.1) is 16.6 Å². The molecule has 5 aromatic carbocycles. The monoisotopic (exact) mass is 395 g/mol. The molecule has 0 bridgehead atoms. The Bertz CT molecular complexity index is 1800. The Morgan fingerprint density at radius 2 is 1.03 bits per heavy atom. The summed E-state index contributed by atoms with van der Waals surface area (Å²) in [5, 5.41) is 8.00. The van der Waals surface area contributed by atoms with Gasteiger partial charge in [-0.25, -0.2) is 0 Å². The van der Waals surface area contributed by atoms with Crippen LogP contribution in [0.25, 0.3) is 60.0 Å². The Morgan fingerprint density at radius 3 is 1.87 bits per heavy atom. The van der Waals surface area contributed by atoms with Crippen molar-refractivity contribution >= 4 is 48.9 Å². The third-order valence-electron chi connectivity index (χ3n) is 7.09. The lowest BCUT2D eigenvalue weighted by Crippen LogP contribution is -1.90. The summed E-state index contributed by atoms with van der Waals surface area (Å²) in [7, 11) is 0. The zero-order valence-electron chi connectivity index (χ0n) is 17.6. The first-order chi connectivity index (χ1) is 15.2. The highest BCUT2D eigenvalue weighted by Gasteiger charge is 2.19. The van der Waals surface area contributed by atoms with Gasteiger partial charge in [0, 0.05) is 26.9 Å². The van der Waals surface area contributed by atoms with Crippen molar-refractivity contribution in [3.05, 3.63) is 102 Å². The molecule has 0 spiro atoms. The molecule has 31 heavy (non-hydrogen) atoms. The van der Waals surface area contributed by atoms with Gasteiger partial charge in [-0.2, -0.15) is 0 Å². The fourth-order valence-electron chi connectivity index (χ4n) is 5.63. The van der Waals surface area contributed by atoms with Crippen LogP contribution in [0.1, 0.15) is 11.1 Å². The number of aromatic nitrogens is 1. The summed E-state index contributed by atoms with van der Waals surface area (Å²) in [5.74, 6) is 0. The zero-order chi connectivity index (χ0) is 20.7. The molecule has 0 aliphatic rings. The largest absolute Gasteiger partial charge is 0.307 e. The molecule has 7 aromatic rings. The van der Waals surface area contributed by atoms with Crippen molar-refractivity contribution in [3.63, 3.8) is 0 Å². The second-order valence-corrected chi connectivity index (χ2v) is 8.66. The molecule has 0 saturated heterocycles. The minimum Gasteiger partial charge on any atom is -0.307 e. The van der Waals surface area contributed by atoms with Gasteiger partial charge in [0.2, 0.25) is 0 Å². The highest BCUT2D eigenvalue weighted by molar-refractivity contribution is 6.27. The molecule has 2 heterocycles. The van der Waals surface area contributed by atoms with Crippen molar-refractivity contribution in [2.45, 2.75) is 13.8 Å². The molecule has 0 aliphatic carbocycles. The first-order valence-electron chi connectivity index (χ1n) is 10.9. The number of benzene rings is 5. The van der Waals surface area contributed by atoms with E-state index in [0.717, 1.165) is 0 Å². The smallest absolute Gasteiger partial charge is 0.0620 e.